The van der Waals surface area contributed by atoms with Crippen molar-refractivity contribution in [3.63, 3.8) is 0 Å². The van der Waals surface area contributed by atoms with E-state index in [4.69, 9.17) is 0 Å². The molecule has 0 aromatic rings. The zero-order valence-corrected chi connectivity index (χ0v) is 21.4. The predicted molar refractivity (Wildman–Crippen MR) is 135 cm³/mol. The van der Waals surface area contributed by atoms with Gasteiger partial charge in [0.1, 0.15) is 0 Å². The monoisotopic (exact) mass is 454 g/mol. The molecule has 0 saturated heterocycles. The van der Waals surface area contributed by atoms with Gasteiger partial charge < -0.3 is 10.2 Å². The van der Waals surface area contributed by atoms with Gasteiger partial charge in [0.05, 0.1) is 11.8 Å². The highest BCUT2D eigenvalue weighted by Gasteiger charge is 2.32. The van der Waals surface area contributed by atoms with Gasteiger partial charge in [-0.15, -0.1) is 0 Å². The molecule has 0 radical (unpaired) electrons. The highest BCUT2D eigenvalue weighted by atomic mass is 16.4. The fourth-order valence-corrected chi connectivity index (χ4v) is 4.70. The van der Waals surface area contributed by atoms with Gasteiger partial charge in [0, 0.05) is 0 Å². The molecule has 0 heterocycles. The molecule has 4 heteroatoms. The molecule has 2 unspecified atom stereocenters. The highest BCUT2D eigenvalue weighted by Crippen LogP contribution is 2.26. The third kappa shape index (κ3) is 18.5. The Hall–Kier alpha value is -1.06. The van der Waals surface area contributed by atoms with Crippen LogP contribution in [0.2, 0.25) is 0 Å². The molecule has 0 fully saturated rings. The summed E-state index contributed by atoms with van der Waals surface area (Å²) in [6.45, 7) is 4.47. The summed E-state index contributed by atoms with van der Waals surface area (Å²) in [5.74, 6) is -3.33. The summed E-state index contributed by atoms with van der Waals surface area (Å²) in [5, 5.41) is 19.3. The zero-order valence-electron chi connectivity index (χ0n) is 21.4. The van der Waals surface area contributed by atoms with E-state index >= 15 is 0 Å². The predicted octanol–water partition coefficient (Wildman–Crippen LogP) is 9.01. The summed E-state index contributed by atoms with van der Waals surface area (Å²) >= 11 is 0. The molecule has 32 heavy (non-hydrogen) atoms. The van der Waals surface area contributed by atoms with E-state index in [1.807, 2.05) is 0 Å². The molecule has 0 bridgehead atoms. The summed E-state index contributed by atoms with van der Waals surface area (Å²) in [6, 6.07) is 0. The van der Waals surface area contributed by atoms with Gasteiger partial charge in [0.25, 0.3) is 0 Å². The van der Waals surface area contributed by atoms with Crippen LogP contribution in [-0.4, -0.2) is 22.2 Å². The Morgan fingerprint density at radius 1 is 0.438 bits per heavy atom. The maximum Gasteiger partial charge on any atom is 0.307 e. The van der Waals surface area contributed by atoms with Crippen molar-refractivity contribution in [2.24, 2.45) is 11.8 Å². The van der Waals surface area contributed by atoms with Crippen molar-refractivity contribution in [3.8, 4) is 0 Å². The minimum atomic E-state index is -0.930. The number of carboxylic acids is 2. The van der Waals surface area contributed by atoms with Crippen molar-refractivity contribution in [1.82, 2.24) is 0 Å². The van der Waals surface area contributed by atoms with Crippen LogP contribution in [0.4, 0.5) is 0 Å². The Balaban J connectivity index is 3.97. The van der Waals surface area contributed by atoms with Crippen molar-refractivity contribution >= 4 is 11.9 Å². The molecule has 2 N–H and O–H groups in total. The second-order valence-electron chi connectivity index (χ2n) is 9.83. The van der Waals surface area contributed by atoms with Crippen LogP contribution in [0.1, 0.15) is 155 Å². The van der Waals surface area contributed by atoms with E-state index in [2.05, 4.69) is 13.8 Å². The lowest BCUT2D eigenvalue weighted by Gasteiger charge is -2.20. The van der Waals surface area contributed by atoms with E-state index < -0.39 is 23.8 Å². The van der Waals surface area contributed by atoms with Gasteiger partial charge in [-0.25, -0.2) is 0 Å². The molecular weight excluding hydrogens is 400 g/mol. The second-order valence-corrected chi connectivity index (χ2v) is 9.83. The molecule has 0 aromatic carbocycles. The van der Waals surface area contributed by atoms with Gasteiger partial charge in [0.15, 0.2) is 0 Å². The topological polar surface area (TPSA) is 74.6 Å². The lowest BCUT2D eigenvalue weighted by atomic mass is 9.84. The SMILES string of the molecule is CCCCCCCCCCCCC(C(=O)O)C(CCCCCCCCCCCC)C(=O)O. The van der Waals surface area contributed by atoms with Crippen molar-refractivity contribution in [2.75, 3.05) is 0 Å². The number of carboxylic acid groups (broad SMARTS) is 2. The van der Waals surface area contributed by atoms with E-state index in [1.54, 1.807) is 0 Å². The van der Waals surface area contributed by atoms with Crippen molar-refractivity contribution < 1.29 is 19.8 Å². The number of rotatable bonds is 25. The quantitative estimate of drug-likeness (QED) is 0.135. The van der Waals surface area contributed by atoms with E-state index in [0.29, 0.717) is 12.8 Å². The third-order valence-corrected chi connectivity index (χ3v) is 6.86. The van der Waals surface area contributed by atoms with Gasteiger partial charge in [-0.2, -0.15) is 0 Å². The highest BCUT2D eigenvalue weighted by molar-refractivity contribution is 5.79. The molecule has 0 saturated carbocycles. The average molecular weight is 455 g/mol. The van der Waals surface area contributed by atoms with Gasteiger partial charge >= 0.3 is 11.9 Å². The van der Waals surface area contributed by atoms with E-state index in [-0.39, 0.29) is 0 Å². The van der Waals surface area contributed by atoms with Gasteiger partial charge in [-0.1, -0.05) is 142 Å². The Bertz CT molecular complexity index is 395. The van der Waals surface area contributed by atoms with Crippen molar-refractivity contribution in [1.29, 1.82) is 0 Å². The molecule has 2 atom stereocenters. The van der Waals surface area contributed by atoms with Crippen LogP contribution in [0, 0.1) is 11.8 Å². The van der Waals surface area contributed by atoms with Crippen LogP contribution in [0.25, 0.3) is 0 Å². The normalized spacial score (nSPS) is 13.2. The maximum atomic E-state index is 11.8. The summed E-state index contributed by atoms with van der Waals surface area (Å²) < 4.78 is 0. The summed E-state index contributed by atoms with van der Waals surface area (Å²) in [4.78, 5) is 23.5. The molecule has 190 valence electrons. The first-order valence-corrected chi connectivity index (χ1v) is 14.0. The fraction of sp³-hybridized carbons (Fsp3) is 0.929. The second kappa shape index (κ2) is 23.1. The van der Waals surface area contributed by atoms with Crippen molar-refractivity contribution in [2.45, 2.75) is 155 Å². The standard InChI is InChI=1S/C28H54O4/c1-3-5-7-9-11-13-15-17-19-21-23-25(27(29)30)26(28(31)32)24-22-20-18-16-14-12-10-8-6-4-2/h25-26H,3-24H2,1-2H3,(H,29,30)(H,31,32). The molecule has 0 aliphatic rings. The summed E-state index contributed by atoms with van der Waals surface area (Å²) in [6.07, 6.45) is 25.1. The van der Waals surface area contributed by atoms with E-state index in [1.165, 1.54) is 89.9 Å². The first-order chi connectivity index (χ1) is 15.5. The first-order valence-electron chi connectivity index (χ1n) is 14.0. The zero-order chi connectivity index (χ0) is 23.9. The number of carbonyl (C=O) groups is 2. The molecule has 0 spiro atoms. The largest absolute Gasteiger partial charge is 0.481 e. The minimum absolute atomic E-state index is 0.501. The van der Waals surface area contributed by atoms with E-state index in [0.717, 1.165) is 38.5 Å². The number of unbranched alkanes of at least 4 members (excludes halogenated alkanes) is 18. The number of hydrogen-bond donors (Lipinski definition) is 2. The molecule has 0 aromatic heterocycles. The lowest BCUT2D eigenvalue weighted by molar-refractivity contribution is -0.154. The number of aliphatic carboxylic acids is 2. The Labute approximate surface area is 199 Å². The maximum absolute atomic E-state index is 11.8. The van der Waals surface area contributed by atoms with Crippen LogP contribution >= 0.6 is 0 Å². The number of hydrogen-bond acceptors (Lipinski definition) is 2. The summed E-state index contributed by atoms with van der Waals surface area (Å²) in [5.41, 5.74) is 0. The molecule has 0 aliphatic carbocycles. The van der Waals surface area contributed by atoms with Crippen LogP contribution < -0.4 is 0 Å². The van der Waals surface area contributed by atoms with Gasteiger partial charge in [-0.05, 0) is 12.8 Å². The van der Waals surface area contributed by atoms with Crippen LogP contribution in [-0.2, 0) is 9.59 Å². The first kappa shape index (κ1) is 30.9. The average Bonchev–Trinajstić information content (AvgIpc) is 2.76. The van der Waals surface area contributed by atoms with E-state index in [9.17, 15) is 19.8 Å². The molecular formula is C28H54O4. The van der Waals surface area contributed by atoms with Crippen molar-refractivity contribution in [3.05, 3.63) is 0 Å². The van der Waals surface area contributed by atoms with Crippen LogP contribution in [0.5, 0.6) is 0 Å². The summed E-state index contributed by atoms with van der Waals surface area (Å²) in [7, 11) is 0. The minimum Gasteiger partial charge on any atom is -0.481 e. The smallest absolute Gasteiger partial charge is 0.307 e. The molecule has 0 rings (SSSR count). The van der Waals surface area contributed by atoms with Gasteiger partial charge in [0.2, 0.25) is 0 Å². The lowest BCUT2D eigenvalue weighted by Crippen LogP contribution is -2.30. The van der Waals surface area contributed by atoms with Crippen LogP contribution in [0.15, 0.2) is 0 Å². The third-order valence-electron chi connectivity index (χ3n) is 6.86. The fourth-order valence-electron chi connectivity index (χ4n) is 4.70. The Morgan fingerprint density at radius 2 is 0.656 bits per heavy atom. The molecule has 0 aliphatic heterocycles. The molecule has 0 amide bonds. The molecule has 4 nitrogen and oxygen atoms in total. The Kier molecular flexibility index (Phi) is 22.3. The van der Waals surface area contributed by atoms with Crippen LogP contribution in [0.3, 0.4) is 0 Å². The Morgan fingerprint density at radius 3 is 0.875 bits per heavy atom. The van der Waals surface area contributed by atoms with Gasteiger partial charge in [-0.3, -0.25) is 9.59 Å².